The number of hydrogen-bond donors (Lipinski definition) is 3. The van der Waals surface area contributed by atoms with Crippen molar-refractivity contribution in [3.8, 4) is 0 Å². The second-order valence-corrected chi connectivity index (χ2v) is 3.63. The van der Waals surface area contributed by atoms with Crippen LogP contribution in [0.25, 0.3) is 0 Å². The average molecular weight is 223 g/mol. The zero-order valence-corrected chi connectivity index (χ0v) is 8.75. The molecule has 2 aromatic rings. The van der Waals surface area contributed by atoms with Crippen molar-refractivity contribution in [1.29, 1.82) is 0 Å². The number of aromatic amines is 1. The second-order valence-electron chi connectivity index (χ2n) is 3.19. The molecular formula is C10H11ClN4. The molecule has 0 saturated carbocycles. The molecule has 0 fully saturated rings. The number of nitrogens with two attached hydrogens (primary N) is 1. The number of nitrogen functional groups attached to an aromatic ring is 1. The van der Waals surface area contributed by atoms with Crippen molar-refractivity contribution < 1.29 is 0 Å². The Morgan fingerprint density at radius 1 is 1.47 bits per heavy atom. The van der Waals surface area contributed by atoms with Crippen LogP contribution < -0.4 is 11.1 Å². The van der Waals surface area contributed by atoms with Gasteiger partial charge in [-0.2, -0.15) is 5.10 Å². The normalized spacial score (nSPS) is 10.2. The average Bonchev–Trinajstić information content (AvgIpc) is 2.69. The third-order valence-corrected chi connectivity index (χ3v) is 2.29. The fourth-order valence-corrected chi connectivity index (χ4v) is 1.45. The van der Waals surface area contributed by atoms with Crippen molar-refractivity contribution >= 4 is 23.0 Å². The lowest BCUT2D eigenvalue weighted by Crippen LogP contribution is -2.01. The summed E-state index contributed by atoms with van der Waals surface area (Å²) in [5.74, 6) is 0. The molecule has 0 unspecified atom stereocenters. The molecule has 1 aromatic carbocycles. The highest BCUT2D eigenvalue weighted by atomic mass is 35.5. The minimum absolute atomic E-state index is 0.640. The highest BCUT2D eigenvalue weighted by molar-refractivity contribution is 6.31. The van der Waals surface area contributed by atoms with E-state index in [9.17, 15) is 0 Å². The highest BCUT2D eigenvalue weighted by Crippen LogP contribution is 2.22. The van der Waals surface area contributed by atoms with Gasteiger partial charge in [0.25, 0.3) is 0 Å². The third kappa shape index (κ3) is 2.41. The Hall–Kier alpha value is -1.68. The van der Waals surface area contributed by atoms with Crippen molar-refractivity contribution in [1.82, 2.24) is 10.2 Å². The third-order valence-electron chi connectivity index (χ3n) is 2.05. The van der Waals surface area contributed by atoms with Crippen molar-refractivity contribution in [2.24, 2.45) is 0 Å². The van der Waals surface area contributed by atoms with Gasteiger partial charge in [0.1, 0.15) is 0 Å². The van der Waals surface area contributed by atoms with E-state index in [1.54, 1.807) is 18.3 Å². The molecule has 2 rings (SSSR count). The minimum Gasteiger partial charge on any atom is -0.397 e. The lowest BCUT2D eigenvalue weighted by Gasteiger charge is -2.07. The molecule has 78 valence electrons. The minimum atomic E-state index is 0.640. The smallest absolute Gasteiger partial charge is 0.0577 e. The molecule has 5 heteroatoms. The number of halogens is 1. The monoisotopic (exact) mass is 222 g/mol. The summed E-state index contributed by atoms with van der Waals surface area (Å²) in [6, 6.07) is 5.38. The molecular weight excluding hydrogens is 212 g/mol. The zero-order chi connectivity index (χ0) is 10.7. The van der Waals surface area contributed by atoms with Gasteiger partial charge in [-0.1, -0.05) is 11.6 Å². The Kier molecular flexibility index (Phi) is 2.78. The van der Waals surface area contributed by atoms with E-state index in [2.05, 4.69) is 15.5 Å². The Morgan fingerprint density at radius 2 is 2.33 bits per heavy atom. The largest absolute Gasteiger partial charge is 0.397 e. The molecule has 1 aromatic heterocycles. The van der Waals surface area contributed by atoms with Crippen molar-refractivity contribution in [3.05, 3.63) is 41.2 Å². The maximum Gasteiger partial charge on any atom is 0.0577 e. The first-order chi connectivity index (χ1) is 7.25. The first-order valence-electron chi connectivity index (χ1n) is 4.52. The van der Waals surface area contributed by atoms with Gasteiger partial charge in [-0.05, 0) is 18.2 Å². The van der Waals surface area contributed by atoms with Crippen LogP contribution in [-0.2, 0) is 6.54 Å². The van der Waals surface area contributed by atoms with Gasteiger partial charge in [-0.3, -0.25) is 5.10 Å². The molecule has 0 saturated heterocycles. The van der Waals surface area contributed by atoms with Gasteiger partial charge in [0, 0.05) is 23.3 Å². The first kappa shape index (κ1) is 9.86. The highest BCUT2D eigenvalue weighted by Gasteiger charge is 1.99. The van der Waals surface area contributed by atoms with E-state index in [4.69, 9.17) is 17.3 Å². The molecule has 0 atom stereocenters. The van der Waals surface area contributed by atoms with Gasteiger partial charge in [0.05, 0.1) is 17.6 Å². The van der Waals surface area contributed by atoms with E-state index < -0.39 is 0 Å². The van der Waals surface area contributed by atoms with E-state index in [-0.39, 0.29) is 0 Å². The standard InChI is InChI=1S/C10H11ClN4/c11-8-1-2-10(9(12)3-8)13-4-7-5-14-15-6-7/h1-3,5-6,13H,4,12H2,(H,14,15). The molecule has 0 aliphatic heterocycles. The van der Waals surface area contributed by atoms with Crippen LogP contribution >= 0.6 is 11.6 Å². The van der Waals surface area contributed by atoms with Gasteiger partial charge in [-0.15, -0.1) is 0 Å². The number of nitrogens with one attached hydrogen (secondary N) is 2. The van der Waals surface area contributed by atoms with Crippen LogP contribution in [0.3, 0.4) is 0 Å². The molecule has 0 amide bonds. The zero-order valence-electron chi connectivity index (χ0n) is 8.00. The number of hydrogen-bond acceptors (Lipinski definition) is 3. The maximum absolute atomic E-state index is 5.79. The van der Waals surface area contributed by atoms with Crippen molar-refractivity contribution in [2.45, 2.75) is 6.54 Å². The van der Waals surface area contributed by atoms with E-state index in [0.29, 0.717) is 17.3 Å². The Balaban J connectivity index is 2.05. The number of rotatable bonds is 3. The van der Waals surface area contributed by atoms with E-state index in [1.165, 1.54) is 0 Å². The van der Waals surface area contributed by atoms with Gasteiger partial charge in [0.15, 0.2) is 0 Å². The van der Waals surface area contributed by atoms with Crippen molar-refractivity contribution in [3.63, 3.8) is 0 Å². The Morgan fingerprint density at radius 3 is 3.00 bits per heavy atom. The van der Waals surface area contributed by atoms with Gasteiger partial charge >= 0.3 is 0 Å². The molecule has 0 spiro atoms. The fourth-order valence-electron chi connectivity index (χ4n) is 1.27. The predicted molar refractivity (Wildman–Crippen MR) is 61.8 cm³/mol. The Bertz CT molecular complexity index is 439. The van der Waals surface area contributed by atoms with Gasteiger partial charge < -0.3 is 11.1 Å². The summed E-state index contributed by atoms with van der Waals surface area (Å²) in [7, 11) is 0. The molecule has 0 bridgehead atoms. The number of aromatic nitrogens is 2. The van der Waals surface area contributed by atoms with Crippen LogP contribution in [0.15, 0.2) is 30.6 Å². The number of benzene rings is 1. The number of H-pyrrole nitrogens is 1. The molecule has 15 heavy (non-hydrogen) atoms. The lowest BCUT2D eigenvalue weighted by atomic mass is 10.2. The molecule has 0 aliphatic carbocycles. The predicted octanol–water partition coefficient (Wildman–Crippen LogP) is 2.26. The summed E-state index contributed by atoms with van der Waals surface area (Å²) in [6.45, 7) is 0.683. The first-order valence-corrected chi connectivity index (χ1v) is 4.90. The summed E-state index contributed by atoms with van der Waals surface area (Å²) >= 11 is 5.79. The number of nitrogens with zero attached hydrogens (tertiary/aromatic N) is 1. The molecule has 4 N–H and O–H groups in total. The van der Waals surface area contributed by atoms with Crippen LogP contribution in [0.2, 0.25) is 5.02 Å². The molecule has 0 radical (unpaired) electrons. The van der Waals surface area contributed by atoms with Crippen molar-refractivity contribution in [2.75, 3.05) is 11.1 Å². The second kappa shape index (κ2) is 4.23. The van der Waals surface area contributed by atoms with E-state index in [1.807, 2.05) is 12.3 Å². The van der Waals surface area contributed by atoms with Crippen LogP contribution in [0.4, 0.5) is 11.4 Å². The lowest BCUT2D eigenvalue weighted by molar-refractivity contribution is 1.09. The molecule has 4 nitrogen and oxygen atoms in total. The van der Waals surface area contributed by atoms with Gasteiger partial charge in [-0.25, -0.2) is 0 Å². The van der Waals surface area contributed by atoms with E-state index >= 15 is 0 Å². The summed E-state index contributed by atoms with van der Waals surface area (Å²) in [5.41, 5.74) is 8.38. The fraction of sp³-hybridized carbons (Fsp3) is 0.100. The maximum atomic E-state index is 5.79. The summed E-state index contributed by atoms with van der Waals surface area (Å²) in [4.78, 5) is 0. The SMILES string of the molecule is Nc1cc(Cl)ccc1NCc1cn[nH]c1. The summed E-state index contributed by atoms with van der Waals surface area (Å²) in [6.07, 6.45) is 3.60. The molecule has 1 heterocycles. The summed E-state index contributed by atoms with van der Waals surface area (Å²) < 4.78 is 0. The quantitative estimate of drug-likeness (QED) is 0.698. The summed E-state index contributed by atoms with van der Waals surface area (Å²) in [5, 5.41) is 10.4. The van der Waals surface area contributed by atoms with Crippen LogP contribution in [0.5, 0.6) is 0 Å². The van der Waals surface area contributed by atoms with Crippen LogP contribution in [-0.4, -0.2) is 10.2 Å². The Labute approximate surface area is 92.4 Å². The van der Waals surface area contributed by atoms with E-state index in [0.717, 1.165) is 11.3 Å². The molecule has 0 aliphatic rings. The van der Waals surface area contributed by atoms with Crippen LogP contribution in [0.1, 0.15) is 5.56 Å². The van der Waals surface area contributed by atoms with Gasteiger partial charge in [0.2, 0.25) is 0 Å². The topological polar surface area (TPSA) is 66.7 Å². The van der Waals surface area contributed by atoms with Crippen LogP contribution in [0, 0.1) is 0 Å². The number of anilines is 2.